The summed E-state index contributed by atoms with van der Waals surface area (Å²) in [6.07, 6.45) is 0. The number of para-hydroxylation sites is 2. The fraction of sp³-hybridized carbons (Fsp3) is 0.417. The summed E-state index contributed by atoms with van der Waals surface area (Å²) in [6.45, 7) is 4.31. The Labute approximate surface area is 125 Å². The monoisotopic (exact) mass is 309 g/mol. The summed E-state index contributed by atoms with van der Waals surface area (Å²) in [5, 5.41) is 23.0. The van der Waals surface area contributed by atoms with Crippen LogP contribution in [0.1, 0.15) is 19.9 Å². The molecule has 0 spiro atoms. The number of nitro groups is 1. The van der Waals surface area contributed by atoms with Crippen LogP contribution in [-0.4, -0.2) is 37.5 Å². The maximum Gasteiger partial charge on any atom is 0.310 e. The van der Waals surface area contributed by atoms with Crippen LogP contribution in [0.25, 0.3) is 0 Å². The summed E-state index contributed by atoms with van der Waals surface area (Å²) in [5.41, 5.74) is -0.0329. The van der Waals surface area contributed by atoms with Crippen molar-refractivity contribution in [3.63, 3.8) is 0 Å². The van der Waals surface area contributed by atoms with Crippen molar-refractivity contribution in [2.45, 2.75) is 25.0 Å². The van der Waals surface area contributed by atoms with Gasteiger partial charge in [-0.05, 0) is 30.3 Å². The first-order valence-electron chi connectivity index (χ1n) is 6.36. The van der Waals surface area contributed by atoms with E-state index < -0.39 is 4.92 Å². The molecule has 112 valence electrons. The van der Waals surface area contributed by atoms with Gasteiger partial charge in [-0.2, -0.15) is 0 Å². The lowest BCUT2D eigenvalue weighted by Gasteiger charge is -2.08. The summed E-state index contributed by atoms with van der Waals surface area (Å²) in [7, 11) is 0. The van der Waals surface area contributed by atoms with E-state index in [-0.39, 0.29) is 17.5 Å². The molecule has 9 heteroatoms. The summed E-state index contributed by atoms with van der Waals surface area (Å²) in [4.78, 5) is 10.4. The maximum atomic E-state index is 10.9. The first-order valence-corrected chi connectivity index (χ1v) is 7.35. The minimum Gasteiger partial charge on any atom is -0.486 e. The standard InChI is InChI=1S/C12H15N5O3S/c1-9(2)16-12(13-14-15-16)21-8-7-20-11-6-4-3-5-10(11)17(18)19/h3-6,9H,7-8H2,1-2H3. The molecule has 0 saturated carbocycles. The van der Waals surface area contributed by atoms with Gasteiger partial charge >= 0.3 is 5.69 Å². The third kappa shape index (κ3) is 3.91. The summed E-state index contributed by atoms with van der Waals surface area (Å²) >= 11 is 1.45. The Morgan fingerprint density at radius 2 is 2.19 bits per heavy atom. The maximum absolute atomic E-state index is 10.9. The van der Waals surface area contributed by atoms with Crippen LogP contribution < -0.4 is 4.74 Å². The number of ether oxygens (including phenoxy) is 1. The normalized spacial score (nSPS) is 10.8. The molecule has 21 heavy (non-hydrogen) atoms. The predicted molar refractivity (Wildman–Crippen MR) is 77.5 cm³/mol. The van der Waals surface area contributed by atoms with E-state index in [1.807, 2.05) is 13.8 Å². The molecule has 0 aliphatic heterocycles. The molecule has 1 heterocycles. The van der Waals surface area contributed by atoms with Gasteiger partial charge in [-0.3, -0.25) is 10.1 Å². The van der Waals surface area contributed by atoms with Crippen molar-refractivity contribution >= 4 is 17.4 Å². The number of tetrazole rings is 1. The van der Waals surface area contributed by atoms with Gasteiger partial charge in [-0.25, -0.2) is 4.68 Å². The molecule has 0 aliphatic carbocycles. The third-order valence-electron chi connectivity index (χ3n) is 2.59. The van der Waals surface area contributed by atoms with Crippen molar-refractivity contribution in [1.29, 1.82) is 0 Å². The lowest BCUT2D eigenvalue weighted by Crippen LogP contribution is -2.07. The topological polar surface area (TPSA) is 96.0 Å². The van der Waals surface area contributed by atoms with Crippen LogP contribution in [0.4, 0.5) is 5.69 Å². The highest BCUT2D eigenvalue weighted by Crippen LogP contribution is 2.26. The molecule has 0 aliphatic rings. The van der Waals surface area contributed by atoms with E-state index >= 15 is 0 Å². The number of nitro benzene ring substituents is 1. The van der Waals surface area contributed by atoms with Crippen LogP contribution in [0.15, 0.2) is 29.4 Å². The van der Waals surface area contributed by atoms with E-state index in [0.29, 0.717) is 17.5 Å². The van der Waals surface area contributed by atoms with Gasteiger partial charge in [0.05, 0.1) is 17.6 Å². The highest BCUT2D eigenvalue weighted by Gasteiger charge is 2.14. The first kappa shape index (κ1) is 15.2. The van der Waals surface area contributed by atoms with Crippen molar-refractivity contribution in [3.05, 3.63) is 34.4 Å². The Balaban J connectivity index is 1.88. The molecule has 0 bridgehead atoms. The molecular formula is C12H15N5O3S. The zero-order valence-electron chi connectivity index (χ0n) is 11.7. The third-order valence-corrected chi connectivity index (χ3v) is 3.48. The molecular weight excluding hydrogens is 294 g/mol. The van der Waals surface area contributed by atoms with Gasteiger partial charge in [0.1, 0.15) is 0 Å². The van der Waals surface area contributed by atoms with E-state index in [1.54, 1.807) is 22.9 Å². The van der Waals surface area contributed by atoms with Gasteiger partial charge in [0, 0.05) is 11.8 Å². The Kier molecular flexibility index (Phi) is 5.09. The van der Waals surface area contributed by atoms with E-state index in [0.717, 1.165) is 0 Å². The Hall–Kier alpha value is -2.16. The van der Waals surface area contributed by atoms with Crippen LogP contribution in [0.2, 0.25) is 0 Å². The average molecular weight is 309 g/mol. The van der Waals surface area contributed by atoms with Gasteiger partial charge in [0.2, 0.25) is 5.16 Å². The van der Waals surface area contributed by atoms with Gasteiger partial charge in [0.25, 0.3) is 0 Å². The van der Waals surface area contributed by atoms with Crippen LogP contribution in [0.3, 0.4) is 0 Å². The molecule has 0 amide bonds. The first-order chi connectivity index (χ1) is 10.1. The second-order valence-corrected chi connectivity index (χ2v) is 5.48. The molecule has 0 radical (unpaired) electrons. The quantitative estimate of drug-likeness (QED) is 0.335. The Bertz CT molecular complexity index is 616. The number of nitrogens with zero attached hydrogens (tertiary/aromatic N) is 5. The van der Waals surface area contributed by atoms with Crippen LogP contribution >= 0.6 is 11.8 Å². The van der Waals surface area contributed by atoms with Gasteiger partial charge in [-0.1, -0.05) is 23.9 Å². The van der Waals surface area contributed by atoms with Crippen molar-refractivity contribution in [1.82, 2.24) is 20.2 Å². The van der Waals surface area contributed by atoms with Crippen molar-refractivity contribution in [2.24, 2.45) is 0 Å². The number of benzene rings is 1. The SMILES string of the molecule is CC(C)n1nnnc1SCCOc1ccccc1[N+](=O)[O-]. The molecule has 2 aromatic rings. The molecule has 1 aromatic heterocycles. The van der Waals surface area contributed by atoms with Crippen LogP contribution in [-0.2, 0) is 0 Å². The number of hydrogen-bond acceptors (Lipinski definition) is 7. The van der Waals surface area contributed by atoms with Crippen molar-refractivity contribution in [2.75, 3.05) is 12.4 Å². The Morgan fingerprint density at radius 3 is 2.90 bits per heavy atom. The van der Waals surface area contributed by atoms with E-state index in [9.17, 15) is 10.1 Å². The van der Waals surface area contributed by atoms with E-state index in [2.05, 4.69) is 15.5 Å². The second-order valence-electron chi connectivity index (χ2n) is 4.42. The van der Waals surface area contributed by atoms with E-state index in [1.165, 1.54) is 17.8 Å². The lowest BCUT2D eigenvalue weighted by molar-refractivity contribution is -0.385. The number of thioether (sulfide) groups is 1. The fourth-order valence-electron chi connectivity index (χ4n) is 1.62. The zero-order valence-corrected chi connectivity index (χ0v) is 12.5. The van der Waals surface area contributed by atoms with Crippen LogP contribution in [0.5, 0.6) is 5.75 Å². The predicted octanol–water partition coefficient (Wildman–Crippen LogP) is 2.33. The van der Waals surface area contributed by atoms with Gasteiger partial charge < -0.3 is 4.74 Å². The molecule has 0 fully saturated rings. The number of aromatic nitrogens is 4. The fourth-order valence-corrected chi connectivity index (χ4v) is 2.44. The summed E-state index contributed by atoms with van der Waals surface area (Å²) < 4.78 is 7.17. The number of rotatable bonds is 7. The minimum absolute atomic E-state index is 0.0329. The molecule has 0 N–H and O–H groups in total. The number of hydrogen-bond donors (Lipinski definition) is 0. The molecule has 0 unspecified atom stereocenters. The molecule has 2 rings (SSSR count). The van der Waals surface area contributed by atoms with Crippen LogP contribution in [0, 0.1) is 10.1 Å². The van der Waals surface area contributed by atoms with Gasteiger partial charge in [-0.15, -0.1) is 5.10 Å². The largest absolute Gasteiger partial charge is 0.486 e. The van der Waals surface area contributed by atoms with Crippen molar-refractivity contribution < 1.29 is 9.66 Å². The average Bonchev–Trinajstić information content (AvgIpc) is 2.92. The molecule has 0 atom stereocenters. The van der Waals surface area contributed by atoms with Crippen molar-refractivity contribution in [3.8, 4) is 5.75 Å². The minimum atomic E-state index is -0.457. The highest BCUT2D eigenvalue weighted by molar-refractivity contribution is 7.99. The zero-order chi connectivity index (χ0) is 15.2. The Morgan fingerprint density at radius 1 is 1.43 bits per heavy atom. The summed E-state index contributed by atoms with van der Waals surface area (Å²) in [6, 6.07) is 6.49. The smallest absolute Gasteiger partial charge is 0.310 e. The van der Waals surface area contributed by atoms with Gasteiger partial charge in [0.15, 0.2) is 5.75 Å². The highest BCUT2D eigenvalue weighted by atomic mass is 32.2. The lowest BCUT2D eigenvalue weighted by atomic mass is 10.3. The molecule has 0 saturated heterocycles. The summed E-state index contributed by atoms with van der Waals surface area (Å²) in [5.74, 6) is 0.866. The molecule has 1 aromatic carbocycles. The van der Waals surface area contributed by atoms with E-state index in [4.69, 9.17) is 4.74 Å². The molecule has 8 nitrogen and oxygen atoms in total. The second kappa shape index (κ2) is 7.02.